The maximum atomic E-state index is 5.92. The first-order valence-electron chi connectivity index (χ1n) is 8.39. The molecular weight excluding hydrogens is 348 g/mol. The van der Waals surface area contributed by atoms with Gasteiger partial charge in [0, 0.05) is 30.9 Å². The van der Waals surface area contributed by atoms with Crippen molar-refractivity contribution in [2.45, 2.75) is 13.8 Å². The van der Waals surface area contributed by atoms with Crippen molar-refractivity contribution in [1.29, 1.82) is 0 Å². The Morgan fingerprint density at radius 3 is 2.65 bits per heavy atom. The van der Waals surface area contributed by atoms with Crippen LogP contribution in [0.25, 0.3) is 5.69 Å². The Kier molecular flexibility index (Phi) is 5.58. The average Bonchev–Trinajstić information content (AvgIpc) is 3.11. The topological polar surface area (TPSA) is 42.6 Å². The number of aryl methyl sites for hydroxylation is 1. The average molecular weight is 369 g/mol. The van der Waals surface area contributed by atoms with Crippen molar-refractivity contribution in [1.82, 2.24) is 14.7 Å². The molecule has 0 N–H and O–H groups in total. The summed E-state index contributed by atoms with van der Waals surface area (Å²) in [6, 6.07) is 15.1. The van der Waals surface area contributed by atoms with E-state index in [2.05, 4.69) is 17.0 Å². The number of aliphatic imine (C=N–C) groups is 1. The van der Waals surface area contributed by atoms with Crippen LogP contribution in [0.5, 0.6) is 11.6 Å². The first-order chi connectivity index (χ1) is 12.5. The molecule has 26 heavy (non-hydrogen) atoms. The fourth-order valence-corrected chi connectivity index (χ4v) is 2.41. The zero-order valence-corrected chi connectivity index (χ0v) is 15.8. The maximum Gasteiger partial charge on any atom is 0.238 e. The van der Waals surface area contributed by atoms with Crippen molar-refractivity contribution in [2.75, 3.05) is 13.6 Å². The van der Waals surface area contributed by atoms with Gasteiger partial charge in [0.2, 0.25) is 5.88 Å². The molecule has 3 aromatic rings. The molecule has 5 nitrogen and oxygen atoms in total. The van der Waals surface area contributed by atoms with Gasteiger partial charge in [-0.15, -0.1) is 5.10 Å². The number of hydrogen-bond acceptors (Lipinski definition) is 3. The molecule has 0 fully saturated rings. The molecule has 2 aromatic carbocycles. The first kappa shape index (κ1) is 18.0. The molecule has 0 radical (unpaired) electrons. The zero-order valence-electron chi connectivity index (χ0n) is 15.1. The summed E-state index contributed by atoms with van der Waals surface area (Å²) in [6.07, 6.45) is 3.68. The summed E-state index contributed by atoms with van der Waals surface area (Å²) in [5.41, 5.74) is 2.81. The van der Waals surface area contributed by atoms with E-state index in [9.17, 15) is 0 Å². The molecule has 0 bridgehead atoms. The van der Waals surface area contributed by atoms with Crippen LogP contribution in [0, 0.1) is 6.92 Å². The van der Waals surface area contributed by atoms with Gasteiger partial charge in [-0.25, -0.2) is 9.67 Å². The van der Waals surface area contributed by atoms with Crippen molar-refractivity contribution in [2.24, 2.45) is 4.99 Å². The van der Waals surface area contributed by atoms with Crippen LogP contribution in [0.3, 0.4) is 0 Å². The van der Waals surface area contributed by atoms with Gasteiger partial charge in [-0.3, -0.25) is 0 Å². The van der Waals surface area contributed by atoms with E-state index < -0.39 is 0 Å². The fourth-order valence-electron chi connectivity index (χ4n) is 2.29. The largest absolute Gasteiger partial charge is 0.437 e. The van der Waals surface area contributed by atoms with E-state index in [-0.39, 0.29) is 0 Å². The van der Waals surface area contributed by atoms with Gasteiger partial charge < -0.3 is 9.64 Å². The number of aromatic nitrogens is 2. The molecule has 0 unspecified atom stereocenters. The summed E-state index contributed by atoms with van der Waals surface area (Å²) in [4.78, 5) is 6.47. The highest BCUT2D eigenvalue weighted by Gasteiger charge is 2.06. The molecular formula is C20H21ClN4O. The van der Waals surface area contributed by atoms with Crippen LogP contribution < -0.4 is 4.74 Å². The Labute approximate surface area is 158 Å². The van der Waals surface area contributed by atoms with E-state index >= 15 is 0 Å². The van der Waals surface area contributed by atoms with Gasteiger partial charge in [0.25, 0.3) is 0 Å². The molecule has 0 aliphatic heterocycles. The molecule has 1 aromatic heterocycles. The molecule has 134 valence electrons. The lowest BCUT2D eigenvalue weighted by atomic mass is 10.2. The van der Waals surface area contributed by atoms with E-state index in [0.29, 0.717) is 10.9 Å². The minimum atomic E-state index is 0.532. The van der Waals surface area contributed by atoms with Gasteiger partial charge in [-0.05, 0) is 61.9 Å². The maximum absolute atomic E-state index is 5.92. The van der Waals surface area contributed by atoms with E-state index in [4.69, 9.17) is 16.3 Å². The molecule has 6 heteroatoms. The highest BCUT2D eigenvalue weighted by atomic mass is 35.5. The van der Waals surface area contributed by atoms with Crippen LogP contribution in [0.1, 0.15) is 12.5 Å². The second-order valence-electron chi connectivity index (χ2n) is 5.94. The van der Waals surface area contributed by atoms with Gasteiger partial charge in [-0.2, -0.15) is 0 Å². The summed E-state index contributed by atoms with van der Waals surface area (Å²) in [5.74, 6) is 1.29. The smallest absolute Gasteiger partial charge is 0.238 e. The number of benzene rings is 2. The Morgan fingerprint density at radius 1 is 1.19 bits per heavy atom. The minimum Gasteiger partial charge on any atom is -0.437 e. The van der Waals surface area contributed by atoms with Gasteiger partial charge in [-0.1, -0.05) is 11.6 Å². The summed E-state index contributed by atoms with van der Waals surface area (Å²) < 4.78 is 7.67. The van der Waals surface area contributed by atoms with Crippen LogP contribution in [0.15, 0.2) is 59.7 Å². The molecule has 0 amide bonds. The van der Waals surface area contributed by atoms with Crippen LogP contribution in [0.4, 0.5) is 5.69 Å². The number of rotatable bonds is 6. The summed E-state index contributed by atoms with van der Waals surface area (Å²) in [5, 5.41) is 5.15. The lowest BCUT2D eigenvalue weighted by Crippen LogP contribution is -2.14. The van der Waals surface area contributed by atoms with Crippen LogP contribution in [-0.4, -0.2) is 34.6 Å². The van der Waals surface area contributed by atoms with Crippen LogP contribution >= 0.6 is 11.6 Å². The first-order valence-corrected chi connectivity index (χ1v) is 8.77. The number of ether oxygens (including phenoxy) is 1. The van der Waals surface area contributed by atoms with Gasteiger partial charge in [0.1, 0.15) is 5.75 Å². The second kappa shape index (κ2) is 8.06. The summed E-state index contributed by atoms with van der Waals surface area (Å²) >= 11 is 5.92. The van der Waals surface area contributed by atoms with Crippen molar-refractivity contribution in [3.8, 4) is 17.3 Å². The zero-order chi connectivity index (χ0) is 18.5. The number of nitrogens with zero attached hydrogens (tertiary/aromatic N) is 4. The number of halogens is 1. The van der Waals surface area contributed by atoms with Crippen molar-refractivity contribution in [3.05, 3.63) is 65.3 Å². The molecule has 0 aliphatic carbocycles. The molecule has 3 rings (SSSR count). The molecule has 0 atom stereocenters. The van der Waals surface area contributed by atoms with Gasteiger partial charge >= 0.3 is 0 Å². The van der Waals surface area contributed by atoms with E-state index in [1.54, 1.807) is 4.68 Å². The lowest BCUT2D eigenvalue weighted by molar-refractivity contribution is 0.454. The Bertz CT molecular complexity index is 902. The molecule has 0 aliphatic rings. The quantitative estimate of drug-likeness (QED) is 0.441. The van der Waals surface area contributed by atoms with E-state index in [0.717, 1.165) is 29.2 Å². The third-order valence-corrected chi connectivity index (χ3v) is 4.18. The SMILES string of the molecule is CCN(C)/C=N/c1ccc(Oc2ccn(-c3ccc(Cl)cc3)n2)c(C)c1. The fraction of sp³-hybridized carbons (Fsp3) is 0.200. The Morgan fingerprint density at radius 2 is 1.96 bits per heavy atom. The number of hydrogen-bond donors (Lipinski definition) is 0. The van der Waals surface area contributed by atoms with Crippen LogP contribution in [-0.2, 0) is 0 Å². The highest BCUT2D eigenvalue weighted by molar-refractivity contribution is 6.30. The third-order valence-electron chi connectivity index (χ3n) is 3.93. The molecule has 0 saturated heterocycles. The van der Waals surface area contributed by atoms with Crippen molar-refractivity contribution in [3.63, 3.8) is 0 Å². The molecule has 0 spiro atoms. The Balaban J connectivity index is 1.73. The lowest BCUT2D eigenvalue weighted by Gasteiger charge is -2.09. The summed E-state index contributed by atoms with van der Waals surface area (Å²) in [7, 11) is 1.99. The van der Waals surface area contributed by atoms with Gasteiger partial charge in [0.15, 0.2) is 0 Å². The summed E-state index contributed by atoms with van der Waals surface area (Å²) in [6.45, 7) is 4.99. The van der Waals surface area contributed by atoms with E-state index in [1.807, 2.05) is 79.9 Å². The second-order valence-corrected chi connectivity index (χ2v) is 6.38. The van der Waals surface area contributed by atoms with Gasteiger partial charge in [0.05, 0.1) is 17.7 Å². The van der Waals surface area contributed by atoms with E-state index in [1.165, 1.54) is 0 Å². The van der Waals surface area contributed by atoms with Crippen LogP contribution in [0.2, 0.25) is 5.02 Å². The predicted molar refractivity (Wildman–Crippen MR) is 106 cm³/mol. The highest BCUT2D eigenvalue weighted by Crippen LogP contribution is 2.28. The molecule has 0 saturated carbocycles. The predicted octanol–water partition coefficient (Wildman–Crippen LogP) is 5.24. The minimum absolute atomic E-state index is 0.532. The van der Waals surface area contributed by atoms with Crippen molar-refractivity contribution >= 4 is 23.6 Å². The monoisotopic (exact) mass is 368 g/mol. The molecule has 1 heterocycles. The third kappa shape index (κ3) is 4.43. The normalized spacial score (nSPS) is 11.1. The Hall–Kier alpha value is -2.79. The standard InChI is InChI=1S/C20H21ClN4O/c1-4-24(3)14-22-17-7-10-19(15(2)13-17)26-20-11-12-25(23-20)18-8-5-16(21)6-9-18/h5-14H,4H2,1-3H3/b22-14+. The van der Waals surface area contributed by atoms with Crippen molar-refractivity contribution < 1.29 is 4.74 Å².